The molecular formula is C17H25ClO. The minimum absolute atomic E-state index is 0.278. The number of ketones is 1. The standard InChI is InChI=1S/C17H25ClO/c1-2-3-4-5-6-9-17(19)16-12-10-15(11-13-16)8-7-14-18/h10-13H,2-9,14H2,1H3. The molecule has 0 aliphatic rings. The molecule has 0 heterocycles. The summed E-state index contributed by atoms with van der Waals surface area (Å²) in [7, 11) is 0. The predicted octanol–water partition coefficient (Wildman–Crippen LogP) is 5.40. The lowest BCUT2D eigenvalue weighted by molar-refractivity contribution is 0.0979. The van der Waals surface area contributed by atoms with Gasteiger partial charge in [-0.15, -0.1) is 11.6 Å². The third-order valence-corrected chi connectivity index (χ3v) is 3.65. The van der Waals surface area contributed by atoms with Gasteiger partial charge in [-0.3, -0.25) is 4.79 Å². The molecule has 19 heavy (non-hydrogen) atoms. The highest BCUT2D eigenvalue weighted by atomic mass is 35.5. The van der Waals surface area contributed by atoms with Gasteiger partial charge >= 0.3 is 0 Å². The van der Waals surface area contributed by atoms with Crippen molar-refractivity contribution in [3.8, 4) is 0 Å². The van der Waals surface area contributed by atoms with Crippen LogP contribution in [0.5, 0.6) is 0 Å². The second-order valence-electron chi connectivity index (χ2n) is 5.08. The van der Waals surface area contributed by atoms with Crippen LogP contribution >= 0.6 is 11.6 Å². The summed E-state index contributed by atoms with van der Waals surface area (Å²) in [5.41, 5.74) is 2.12. The van der Waals surface area contributed by atoms with Gasteiger partial charge in [0.25, 0.3) is 0 Å². The first-order valence-corrected chi connectivity index (χ1v) is 7.99. The van der Waals surface area contributed by atoms with Crippen LogP contribution in [0, 0.1) is 0 Å². The molecule has 0 aliphatic carbocycles. The van der Waals surface area contributed by atoms with Gasteiger partial charge in [-0.05, 0) is 24.8 Å². The third kappa shape index (κ3) is 6.77. The van der Waals surface area contributed by atoms with Crippen molar-refractivity contribution >= 4 is 17.4 Å². The number of hydrogen-bond donors (Lipinski definition) is 0. The zero-order chi connectivity index (χ0) is 13.9. The SMILES string of the molecule is CCCCCCCC(=O)c1ccc(CCCCl)cc1. The molecule has 0 atom stereocenters. The summed E-state index contributed by atoms with van der Waals surface area (Å²) in [6.45, 7) is 2.21. The smallest absolute Gasteiger partial charge is 0.162 e. The lowest BCUT2D eigenvalue weighted by Gasteiger charge is -2.03. The molecule has 0 unspecified atom stereocenters. The highest BCUT2D eigenvalue weighted by Crippen LogP contribution is 2.12. The summed E-state index contributed by atoms with van der Waals surface area (Å²) >= 11 is 5.67. The second-order valence-corrected chi connectivity index (χ2v) is 5.45. The van der Waals surface area contributed by atoms with Crippen LogP contribution in [0.4, 0.5) is 0 Å². The fourth-order valence-electron chi connectivity index (χ4n) is 2.16. The van der Waals surface area contributed by atoms with Gasteiger partial charge in [-0.25, -0.2) is 0 Å². The molecular weight excluding hydrogens is 256 g/mol. The van der Waals surface area contributed by atoms with Crippen LogP contribution < -0.4 is 0 Å². The van der Waals surface area contributed by atoms with Crippen LogP contribution in [-0.2, 0) is 6.42 Å². The zero-order valence-corrected chi connectivity index (χ0v) is 12.7. The van der Waals surface area contributed by atoms with E-state index >= 15 is 0 Å². The Morgan fingerprint density at radius 3 is 2.32 bits per heavy atom. The first-order valence-electron chi connectivity index (χ1n) is 7.46. The highest BCUT2D eigenvalue weighted by molar-refractivity contribution is 6.17. The zero-order valence-electron chi connectivity index (χ0n) is 12.0. The van der Waals surface area contributed by atoms with Crippen molar-refractivity contribution in [2.45, 2.75) is 58.3 Å². The first-order chi connectivity index (χ1) is 9.27. The molecule has 2 heteroatoms. The number of aryl methyl sites for hydroxylation is 1. The minimum atomic E-state index is 0.278. The topological polar surface area (TPSA) is 17.1 Å². The van der Waals surface area contributed by atoms with Gasteiger partial charge in [0, 0.05) is 17.9 Å². The maximum absolute atomic E-state index is 12.0. The van der Waals surface area contributed by atoms with Crippen LogP contribution in [0.1, 0.15) is 67.8 Å². The number of halogens is 1. The van der Waals surface area contributed by atoms with Crippen molar-refractivity contribution in [2.75, 3.05) is 5.88 Å². The monoisotopic (exact) mass is 280 g/mol. The summed E-state index contributed by atoms with van der Waals surface area (Å²) < 4.78 is 0. The van der Waals surface area contributed by atoms with Gasteiger partial charge in [0.2, 0.25) is 0 Å². The molecule has 0 saturated heterocycles. The van der Waals surface area contributed by atoms with Gasteiger partial charge in [0.1, 0.15) is 0 Å². The molecule has 0 amide bonds. The maximum Gasteiger partial charge on any atom is 0.162 e. The molecule has 1 rings (SSSR count). The predicted molar refractivity (Wildman–Crippen MR) is 83.2 cm³/mol. The fraction of sp³-hybridized carbons (Fsp3) is 0.588. The van der Waals surface area contributed by atoms with Gasteiger partial charge < -0.3 is 0 Å². The number of alkyl halides is 1. The molecule has 0 saturated carbocycles. The van der Waals surface area contributed by atoms with Crippen LogP contribution in [0.2, 0.25) is 0 Å². The average molecular weight is 281 g/mol. The van der Waals surface area contributed by atoms with Gasteiger partial charge in [-0.2, -0.15) is 0 Å². The van der Waals surface area contributed by atoms with E-state index in [0.717, 1.165) is 24.8 Å². The molecule has 1 aromatic carbocycles. The van der Waals surface area contributed by atoms with Gasteiger partial charge in [0.05, 0.1) is 0 Å². The Bertz CT molecular complexity index is 356. The van der Waals surface area contributed by atoms with E-state index < -0.39 is 0 Å². The number of carbonyl (C=O) groups is 1. The fourth-order valence-corrected chi connectivity index (χ4v) is 2.30. The van der Waals surface area contributed by atoms with E-state index in [-0.39, 0.29) is 5.78 Å². The van der Waals surface area contributed by atoms with Crippen LogP contribution in [0.25, 0.3) is 0 Å². The van der Waals surface area contributed by atoms with Crippen molar-refractivity contribution in [1.82, 2.24) is 0 Å². The maximum atomic E-state index is 12.0. The summed E-state index contributed by atoms with van der Waals surface area (Å²) in [6, 6.07) is 8.02. The van der Waals surface area contributed by atoms with Crippen molar-refractivity contribution in [2.24, 2.45) is 0 Å². The van der Waals surface area contributed by atoms with Crippen LogP contribution in [0.15, 0.2) is 24.3 Å². The number of rotatable bonds is 10. The van der Waals surface area contributed by atoms with Gasteiger partial charge in [-0.1, -0.05) is 56.9 Å². The molecule has 0 N–H and O–H groups in total. The number of hydrogen-bond acceptors (Lipinski definition) is 1. The highest BCUT2D eigenvalue weighted by Gasteiger charge is 2.05. The lowest BCUT2D eigenvalue weighted by atomic mass is 10.0. The molecule has 0 bridgehead atoms. The molecule has 0 radical (unpaired) electrons. The molecule has 0 spiro atoms. The number of carbonyl (C=O) groups excluding carboxylic acids is 1. The van der Waals surface area contributed by atoms with Crippen molar-refractivity contribution in [1.29, 1.82) is 0 Å². The summed E-state index contributed by atoms with van der Waals surface area (Å²) in [5.74, 6) is 0.971. The number of unbranched alkanes of at least 4 members (excludes halogenated alkanes) is 4. The summed E-state index contributed by atoms with van der Waals surface area (Å²) in [4.78, 5) is 12.0. The normalized spacial score (nSPS) is 10.6. The van der Waals surface area contributed by atoms with Crippen molar-refractivity contribution < 1.29 is 4.79 Å². The lowest BCUT2D eigenvalue weighted by Crippen LogP contribution is -1.99. The van der Waals surface area contributed by atoms with Crippen LogP contribution in [-0.4, -0.2) is 11.7 Å². The Morgan fingerprint density at radius 1 is 1.00 bits per heavy atom. The van der Waals surface area contributed by atoms with E-state index in [4.69, 9.17) is 11.6 Å². The van der Waals surface area contributed by atoms with Crippen LogP contribution in [0.3, 0.4) is 0 Å². The molecule has 0 aliphatic heterocycles. The largest absolute Gasteiger partial charge is 0.294 e. The Morgan fingerprint density at radius 2 is 1.68 bits per heavy atom. The Labute approximate surface area is 122 Å². The quantitative estimate of drug-likeness (QED) is 0.318. The van der Waals surface area contributed by atoms with E-state index in [9.17, 15) is 4.79 Å². The van der Waals surface area contributed by atoms with E-state index in [1.54, 1.807) is 0 Å². The third-order valence-electron chi connectivity index (χ3n) is 3.38. The van der Waals surface area contributed by atoms with E-state index in [0.29, 0.717) is 12.3 Å². The molecule has 1 aromatic rings. The summed E-state index contributed by atoms with van der Waals surface area (Å²) in [5, 5.41) is 0. The van der Waals surface area contributed by atoms with Crippen molar-refractivity contribution in [3.63, 3.8) is 0 Å². The van der Waals surface area contributed by atoms with Gasteiger partial charge in [0.15, 0.2) is 5.78 Å². The summed E-state index contributed by atoms with van der Waals surface area (Å²) in [6.07, 6.45) is 8.65. The van der Waals surface area contributed by atoms with E-state index in [1.165, 1.54) is 31.2 Å². The number of benzene rings is 1. The van der Waals surface area contributed by atoms with E-state index in [1.807, 2.05) is 12.1 Å². The average Bonchev–Trinajstić information content (AvgIpc) is 2.45. The van der Waals surface area contributed by atoms with E-state index in [2.05, 4.69) is 19.1 Å². The number of Topliss-reactive ketones (excluding diaryl/α,β-unsaturated/α-hetero) is 1. The minimum Gasteiger partial charge on any atom is -0.294 e. The Kier molecular flexibility index (Phi) is 8.57. The molecule has 106 valence electrons. The van der Waals surface area contributed by atoms with Crippen molar-refractivity contribution in [3.05, 3.63) is 35.4 Å². The Balaban J connectivity index is 2.32. The first kappa shape index (κ1) is 16.2. The second kappa shape index (κ2) is 10.0. The molecule has 0 aromatic heterocycles. The Hall–Kier alpha value is -0.820. The molecule has 1 nitrogen and oxygen atoms in total. The molecule has 0 fully saturated rings.